The molecule has 0 fully saturated rings. The normalized spacial score (nSPS) is 9.83. The van der Waals surface area contributed by atoms with Gasteiger partial charge in [-0.2, -0.15) is 0 Å². The van der Waals surface area contributed by atoms with Gasteiger partial charge in [0.1, 0.15) is 0 Å². The van der Waals surface area contributed by atoms with Crippen molar-refractivity contribution in [3.8, 4) is 0 Å². The maximum Gasteiger partial charge on any atom is 0.0447 e. The van der Waals surface area contributed by atoms with Crippen molar-refractivity contribution in [1.29, 1.82) is 0 Å². The second-order valence-corrected chi connectivity index (χ2v) is 3.57. The molecule has 0 aliphatic carbocycles. The van der Waals surface area contributed by atoms with Gasteiger partial charge in [0, 0.05) is 16.7 Å². The van der Waals surface area contributed by atoms with Crippen LogP contribution in [0.15, 0.2) is 24.3 Å². The van der Waals surface area contributed by atoms with Gasteiger partial charge in [0.15, 0.2) is 0 Å². The molecule has 3 heteroatoms. The van der Waals surface area contributed by atoms with E-state index in [4.69, 9.17) is 0 Å². The van der Waals surface area contributed by atoms with Gasteiger partial charge >= 0.3 is 0 Å². The summed E-state index contributed by atoms with van der Waals surface area (Å²) in [5.41, 5.74) is 2.50. The van der Waals surface area contributed by atoms with Crippen LogP contribution in [0.3, 0.4) is 0 Å². The average molecular weight is 199 g/mol. The van der Waals surface area contributed by atoms with Crippen LogP contribution in [-0.2, 0) is 6.42 Å². The van der Waals surface area contributed by atoms with Gasteiger partial charge < -0.3 is 4.72 Å². The van der Waals surface area contributed by atoms with Crippen molar-refractivity contribution in [2.75, 3.05) is 4.72 Å². The molecule has 1 rings (SSSR count). The van der Waals surface area contributed by atoms with E-state index < -0.39 is 0 Å². The van der Waals surface area contributed by atoms with Gasteiger partial charge in [-0.25, -0.2) is 0 Å². The number of hydrogen-bond acceptors (Lipinski definition) is 3. The molecular formula is C9H13NS2. The van der Waals surface area contributed by atoms with Crippen LogP contribution in [0.4, 0.5) is 5.69 Å². The zero-order valence-corrected chi connectivity index (χ0v) is 8.79. The van der Waals surface area contributed by atoms with Gasteiger partial charge in [0.05, 0.1) is 0 Å². The predicted octanol–water partition coefficient (Wildman–Crippen LogP) is 3.54. The van der Waals surface area contributed by atoms with Crippen LogP contribution in [0.1, 0.15) is 18.9 Å². The van der Waals surface area contributed by atoms with Crippen LogP contribution in [0.2, 0.25) is 0 Å². The third-order valence-electron chi connectivity index (χ3n) is 1.66. The Kier molecular flexibility index (Phi) is 4.40. The summed E-state index contributed by atoms with van der Waals surface area (Å²) in [4.78, 5) is 0. The van der Waals surface area contributed by atoms with Gasteiger partial charge in [-0.05, 0) is 24.1 Å². The molecule has 0 aliphatic rings. The molecule has 0 heterocycles. The number of aryl methyl sites for hydroxylation is 1. The molecule has 0 bridgehead atoms. The van der Waals surface area contributed by atoms with Gasteiger partial charge in [0.2, 0.25) is 0 Å². The van der Waals surface area contributed by atoms with Crippen LogP contribution in [0.25, 0.3) is 0 Å². The zero-order chi connectivity index (χ0) is 8.81. The van der Waals surface area contributed by atoms with E-state index in [1.807, 2.05) is 0 Å². The van der Waals surface area contributed by atoms with Crippen LogP contribution >= 0.6 is 22.6 Å². The second kappa shape index (κ2) is 5.38. The molecule has 0 unspecified atom stereocenters. The fourth-order valence-corrected chi connectivity index (χ4v) is 1.64. The summed E-state index contributed by atoms with van der Waals surface area (Å²) < 4.78 is 3.06. The lowest BCUT2D eigenvalue weighted by Crippen LogP contribution is -1.85. The smallest absolute Gasteiger partial charge is 0.0447 e. The minimum absolute atomic E-state index is 1.11. The van der Waals surface area contributed by atoms with Crippen molar-refractivity contribution in [3.05, 3.63) is 29.8 Å². The van der Waals surface area contributed by atoms with E-state index in [2.05, 4.69) is 47.6 Å². The minimum atomic E-state index is 1.11. The molecule has 66 valence electrons. The van der Waals surface area contributed by atoms with Crippen molar-refractivity contribution >= 4 is 28.3 Å². The Morgan fingerprint density at radius 1 is 1.33 bits per heavy atom. The lowest BCUT2D eigenvalue weighted by molar-refractivity contribution is 0.922. The molecule has 0 aliphatic heterocycles. The Bertz CT molecular complexity index is 195. The van der Waals surface area contributed by atoms with Crippen molar-refractivity contribution in [2.24, 2.45) is 0 Å². The SMILES string of the molecule is CCCc1ccc(NSS)cc1. The van der Waals surface area contributed by atoms with E-state index in [9.17, 15) is 0 Å². The summed E-state index contributed by atoms with van der Waals surface area (Å²) in [6.07, 6.45) is 2.36. The number of rotatable bonds is 4. The number of thiol groups is 1. The summed E-state index contributed by atoms with van der Waals surface area (Å²) in [6, 6.07) is 8.45. The van der Waals surface area contributed by atoms with Crippen LogP contribution in [0.5, 0.6) is 0 Å². The number of nitrogens with one attached hydrogen (secondary N) is 1. The Balaban J connectivity index is 2.58. The maximum absolute atomic E-state index is 4.00. The number of anilines is 1. The predicted molar refractivity (Wildman–Crippen MR) is 60.6 cm³/mol. The fourth-order valence-electron chi connectivity index (χ4n) is 1.08. The highest BCUT2D eigenvalue weighted by Gasteiger charge is 1.91. The fraction of sp³-hybridized carbons (Fsp3) is 0.333. The summed E-state index contributed by atoms with van der Waals surface area (Å²) in [6.45, 7) is 2.19. The molecule has 1 aromatic carbocycles. The van der Waals surface area contributed by atoms with Gasteiger partial charge in [-0.3, -0.25) is 0 Å². The summed E-state index contributed by atoms with van der Waals surface area (Å²) in [5.74, 6) is 0. The first-order valence-corrected chi connectivity index (χ1v) is 5.89. The molecule has 0 amide bonds. The van der Waals surface area contributed by atoms with E-state index >= 15 is 0 Å². The molecule has 1 N–H and O–H groups in total. The molecule has 1 nitrogen and oxygen atoms in total. The second-order valence-electron chi connectivity index (χ2n) is 2.64. The lowest BCUT2D eigenvalue weighted by Gasteiger charge is -2.02. The Morgan fingerprint density at radius 3 is 2.50 bits per heavy atom. The first-order chi connectivity index (χ1) is 5.86. The summed E-state index contributed by atoms with van der Waals surface area (Å²) in [5, 5.41) is 0. The van der Waals surface area contributed by atoms with Crippen molar-refractivity contribution in [2.45, 2.75) is 19.8 Å². The first-order valence-electron chi connectivity index (χ1n) is 4.02. The molecule has 0 atom stereocenters. The summed E-state index contributed by atoms with van der Waals surface area (Å²) >= 11 is 4.00. The molecule has 0 aromatic heterocycles. The molecule has 0 spiro atoms. The molecule has 0 saturated heterocycles. The monoisotopic (exact) mass is 199 g/mol. The van der Waals surface area contributed by atoms with E-state index in [1.54, 1.807) is 0 Å². The van der Waals surface area contributed by atoms with E-state index in [1.165, 1.54) is 23.0 Å². The third kappa shape index (κ3) is 2.99. The Labute approximate surface area is 82.9 Å². The lowest BCUT2D eigenvalue weighted by atomic mass is 10.1. The van der Waals surface area contributed by atoms with Crippen molar-refractivity contribution < 1.29 is 0 Å². The average Bonchev–Trinajstić information content (AvgIpc) is 2.09. The van der Waals surface area contributed by atoms with Gasteiger partial charge in [-0.1, -0.05) is 37.1 Å². The molecule has 0 radical (unpaired) electrons. The molecule has 1 aromatic rings. The van der Waals surface area contributed by atoms with Gasteiger partial charge in [-0.15, -0.1) is 0 Å². The van der Waals surface area contributed by atoms with Crippen LogP contribution in [-0.4, -0.2) is 0 Å². The largest absolute Gasteiger partial charge is 0.321 e. The third-order valence-corrected chi connectivity index (χ3v) is 2.26. The minimum Gasteiger partial charge on any atom is -0.321 e. The highest BCUT2D eigenvalue weighted by atomic mass is 33.1. The van der Waals surface area contributed by atoms with E-state index in [0.717, 1.165) is 12.1 Å². The van der Waals surface area contributed by atoms with Crippen LogP contribution in [0, 0.1) is 0 Å². The quantitative estimate of drug-likeness (QED) is 0.437. The van der Waals surface area contributed by atoms with E-state index in [0.29, 0.717) is 0 Å². The zero-order valence-electron chi connectivity index (χ0n) is 7.08. The standard InChI is InChI=1S/C9H13NS2/c1-2-3-8-4-6-9(7-5-8)10-12-11/h4-7,10-11H,2-3H2,1H3. The Hall–Kier alpha value is -0.280. The number of benzene rings is 1. The maximum atomic E-state index is 4.00. The number of hydrogen-bond donors (Lipinski definition) is 2. The van der Waals surface area contributed by atoms with E-state index in [-0.39, 0.29) is 0 Å². The highest BCUT2D eigenvalue weighted by Crippen LogP contribution is 2.15. The highest BCUT2D eigenvalue weighted by molar-refractivity contribution is 8.69. The topological polar surface area (TPSA) is 12.0 Å². The van der Waals surface area contributed by atoms with Crippen molar-refractivity contribution in [1.82, 2.24) is 0 Å². The molecule has 12 heavy (non-hydrogen) atoms. The molecular weight excluding hydrogens is 186 g/mol. The van der Waals surface area contributed by atoms with Crippen molar-refractivity contribution in [3.63, 3.8) is 0 Å². The van der Waals surface area contributed by atoms with Crippen LogP contribution < -0.4 is 4.72 Å². The Morgan fingerprint density at radius 2 is 2.00 bits per heavy atom. The van der Waals surface area contributed by atoms with Gasteiger partial charge in [0.25, 0.3) is 0 Å². The summed E-state index contributed by atoms with van der Waals surface area (Å²) in [7, 11) is 1.32. The first kappa shape index (κ1) is 9.81. The molecule has 0 saturated carbocycles.